The highest BCUT2D eigenvalue weighted by Gasteiger charge is 2.14. The molecule has 29 heavy (non-hydrogen) atoms. The van der Waals surface area contributed by atoms with Crippen molar-refractivity contribution in [1.82, 2.24) is 5.48 Å². The van der Waals surface area contributed by atoms with Crippen LogP contribution in [0.3, 0.4) is 0 Å². The zero-order valence-corrected chi connectivity index (χ0v) is 19.9. The Balaban J connectivity index is 2.36. The molecule has 0 unspecified atom stereocenters. The number of allylic oxidation sites excluding steroid dienone is 1. The van der Waals surface area contributed by atoms with Gasteiger partial charge in [-0.05, 0) is 61.9 Å². The molecule has 0 heterocycles. The summed E-state index contributed by atoms with van der Waals surface area (Å²) in [7, 11) is 0. The fourth-order valence-electron chi connectivity index (χ4n) is 2.48. The molecule has 1 aromatic rings. The van der Waals surface area contributed by atoms with Crippen molar-refractivity contribution in [3.8, 4) is 11.5 Å². The summed E-state index contributed by atoms with van der Waals surface area (Å²) in [6, 6.07) is 3.99. The minimum absolute atomic E-state index is 0.00285. The molecule has 1 aromatic carbocycles. The van der Waals surface area contributed by atoms with Crippen LogP contribution in [0, 0.1) is 12.3 Å². The van der Waals surface area contributed by atoms with E-state index in [1.54, 1.807) is 6.08 Å². The van der Waals surface area contributed by atoms with Crippen LogP contribution in [-0.4, -0.2) is 19.8 Å². The molecule has 0 saturated heterocycles. The smallest absolute Gasteiger partial charge is 0.125 e. The Morgan fingerprint density at radius 1 is 1.10 bits per heavy atom. The standard InChI is InChI=1S/C23H35Cl2NO3/c1-7-19-16-20(27-14-11-21(24)25)15-17(2)22(19)28-12-9-8-10-13-29-26-18(3)23(4,5)6/h11,15-16,26H,3,7-10,12-14H2,1-2,4-6H3. The molecular weight excluding hydrogens is 409 g/mol. The molecule has 0 amide bonds. The lowest BCUT2D eigenvalue weighted by Gasteiger charge is -2.22. The summed E-state index contributed by atoms with van der Waals surface area (Å²) in [5.74, 6) is 1.74. The molecule has 0 aliphatic rings. The third-order valence-corrected chi connectivity index (χ3v) is 4.74. The topological polar surface area (TPSA) is 39.7 Å². The molecule has 0 saturated carbocycles. The summed E-state index contributed by atoms with van der Waals surface area (Å²) in [5, 5.41) is 0. The van der Waals surface area contributed by atoms with E-state index in [0.29, 0.717) is 19.8 Å². The van der Waals surface area contributed by atoms with E-state index in [9.17, 15) is 0 Å². The van der Waals surface area contributed by atoms with E-state index in [0.717, 1.165) is 54.0 Å². The van der Waals surface area contributed by atoms with Crippen LogP contribution < -0.4 is 15.0 Å². The second kappa shape index (κ2) is 13.0. The molecule has 4 nitrogen and oxygen atoms in total. The van der Waals surface area contributed by atoms with Crippen LogP contribution in [0.25, 0.3) is 0 Å². The minimum atomic E-state index is -0.00285. The molecule has 0 aromatic heterocycles. The predicted molar refractivity (Wildman–Crippen MR) is 123 cm³/mol. The number of benzene rings is 1. The van der Waals surface area contributed by atoms with Gasteiger partial charge >= 0.3 is 0 Å². The van der Waals surface area contributed by atoms with E-state index in [1.165, 1.54) is 0 Å². The second-order valence-corrected chi connectivity index (χ2v) is 8.98. The van der Waals surface area contributed by atoms with Gasteiger partial charge in [0.2, 0.25) is 0 Å². The van der Waals surface area contributed by atoms with Crippen LogP contribution >= 0.6 is 23.2 Å². The largest absolute Gasteiger partial charge is 0.493 e. The van der Waals surface area contributed by atoms with Crippen LogP contribution in [0.4, 0.5) is 0 Å². The maximum atomic E-state index is 6.07. The Kier molecular flexibility index (Phi) is 11.6. The number of nitrogens with one attached hydrogen (secondary N) is 1. The second-order valence-electron chi connectivity index (χ2n) is 7.97. The maximum absolute atomic E-state index is 6.07. The summed E-state index contributed by atoms with van der Waals surface area (Å²) in [4.78, 5) is 5.48. The molecule has 0 radical (unpaired) electrons. The lowest BCUT2D eigenvalue weighted by atomic mass is 9.94. The Morgan fingerprint density at radius 2 is 1.79 bits per heavy atom. The van der Waals surface area contributed by atoms with Gasteiger partial charge in [-0.25, -0.2) is 0 Å². The SMILES string of the molecule is C=C(NOCCCCCOc1c(C)cc(OCC=C(Cl)Cl)cc1CC)C(C)(C)C. The maximum Gasteiger partial charge on any atom is 0.125 e. The van der Waals surface area contributed by atoms with Crippen molar-refractivity contribution in [2.45, 2.75) is 60.3 Å². The van der Waals surface area contributed by atoms with Gasteiger partial charge in [-0.1, -0.05) is 57.5 Å². The summed E-state index contributed by atoms with van der Waals surface area (Å²) >= 11 is 11.2. The van der Waals surface area contributed by atoms with Crippen molar-refractivity contribution in [3.63, 3.8) is 0 Å². The fourth-order valence-corrected chi connectivity index (χ4v) is 2.61. The summed E-state index contributed by atoms with van der Waals surface area (Å²) < 4.78 is 12.0. The minimum Gasteiger partial charge on any atom is -0.493 e. The van der Waals surface area contributed by atoms with E-state index in [1.807, 2.05) is 19.1 Å². The molecule has 1 rings (SSSR count). The number of hydrogen-bond donors (Lipinski definition) is 1. The van der Waals surface area contributed by atoms with E-state index >= 15 is 0 Å². The zero-order chi connectivity index (χ0) is 21.9. The number of aryl methyl sites for hydroxylation is 2. The Hall–Kier alpha value is -1.36. The molecule has 0 atom stereocenters. The van der Waals surface area contributed by atoms with Gasteiger partial charge in [-0.15, -0.1) is 0 Å². The first-order chi connectivity index (χ1) is 13.6. The molecule has 0 spiro atoms. The first kappa shape index (κ1) is 25.7. The third kappa shape index (κ3) is 10.3. The van der Waals surface area contributed by atoms with Gasteiger partial charge in [0, 0.05) is 11.1 Å². The highest BCUT2D eigenvalue weighted by molar-refractivity contribution is 6.55. The van der Waals surface area contributed by atoms with Gasteiger partial charge in [-0.2, -0.15) is 0 Å². The number of ether oxygens (including phenoxy) is 2. The van der Waals surface area contributed by atoms with E-state index in [4.69, 9.17) is 37.5 Å². The van der Waals surface area contributed by atoms with E-state index < -0.39 is 0 Å². The molecule has 1 N–H and O–H groups in total. The van der Waals surface area contributed by atoms with E-state index in [-0.39, 0.29) is 9.91 Å². The van der Waals surface area contributed by atoms with Crippen LogP contribution in [-0.2, 0) is 11.3 Å². The molecule has 0 fully saturated rings. The van der Waals surface area contributed by atoms with Crippen LogP contribution in [0.1, 0.15) is 58.1 Å². The molecule has 6 heteroatoms. The summed E-state index contributed by atoms with van der Waals surface area (Å²) in [6.45, 7) is 16.1. The highest BCUT2D eigenvalue weighted by Crippen LogP contribution is 2.30. The number of unbranched alkanes of at least 4 members (excludes halogenated alkanes) is 2. The normalized spacial score (nSPS) is 11.1. The monoisotopic (exact) mass is 443 g/mol. The first-order valence-corrected chi connectivity index (χ1v) is 10.9. The van der Waals surface area contributed by atoms with E-state index in [2.05, 4.69) is 39.8 Å². The van der Waals surface area contributed by atoms with Gasteiger partial charge in [0.1, 0.15) is 22.6 Å². The number of halogens is 2. The van der Waals surface area contributed by atoms with Crippen LogP contribution in [0.2, 0.25) is 0 Å². The Labute approximate surface area is 186 Å². The van der Waals surface area contributed by atoms with Gasteiger partial charge < -0.3 is 9.47 Å². The predicted octanol–water partition coefficient (Wildman–Crippen LogP) is 6.89. The van der Waals surface area contributed by atoms with Crippen LogP contribution in [0.15, 0.2) is 35.0 Å². The molecule has 0 aliphatic carbocycles. The third-order valence-electron chi connectivity index (χ3n) is 4.43. The Bertz CT molecular complexity index is 677. The van der Waals surface area contributed by atoms with Gasteiger partial charge in [0.05, 0.1) is 13.2 Å². The van der Waals surface area contributed by atoms with Crippen molar-refractivity contribution in [2.75, 3.05) is 19.8 Å². The number of rotatable bonds is 13. The molecule has 0 bridgehead atoms. The van der Waals surface area contributed by atoms with Crippen molar-refractivity contribution in [3.05, 3.63) is 46.1 Å². The average molecular weight is 444 g/mol. The Morgan fingerprint density at radius 3 is 2.41 bits per heavy atom. The molecular formula is C23H35Cl2NO3. The highest BCUT2D eigenvalue weighted by atomic mass is 35.5. The van der Waals surface area contributed by atoms with Gasteiger partial charge in [-0.3, -0.25) is 10.3 Å². The summed E-state index contributed by atoms with van der Waals surface area (Å²) in [6.07, 6.45) is 5.47. The van der Waals surface area contributed by atoms with Gasteiger partial charge in [0.25, 0.3) is 0 Å². The first-order valence-electron chi connectivity index (χ1n) is 10.1. The lowest BCUT2D eigenvalue weighted by Crippen LogP contribution is -2.24. The van der Waals surface area contributed by atoms with Crippen molar-refractivity contribution in [1.29, 1.82) is 0 Å². The van der Waals surface area contributed by atoms with Crippen molar-refractivity contribution in [2.24, 2.45) is 5.41 Å². The lowest BCUT2D eigenvalue weighted by molar-refractivity contribution is 0.0474. The average Bonchev–Trinajstić information content (AvgIpc) is 2.63. The zero-order valence-electron chi connectivity index (χ0n) is 18.4. The summed E-state index contributed by atoms with van der Waals surface area (Å²) in [5.41, 5.74) is 6.01. The van der Waals surface area contributed by atoms with Crippen molar-refractivity contribution < 1.29 is 14.3 Å². The molecule has 0 aliphatic heterocycles. The number of hydroxylamine groups is 1. The molecule has 164 valence electrons. The van der Waals surface area contributed by atoms with Crippen molar-refractivity contribution >= 4 is 23.2 Å². The van der Waals surface area contributed by atoms with Gasteiger partial charge in [0.15, 0.2) is 0 Å². The number of hydrogen-bond acceptors (Lipinski definition) is 4. The van der Waals surface area contributed by atoms with Crippen LogP contribution in [0.5, 0.6) is 11.5 Å². The fraction of sp³-hybridized carbons (Fsp3) is 0.565. The quantitative estimate of drug-likeness (QED) is 0.266.